The predicted octanol–water partition coefficient (Wildman–Crippen LogP) is 2.95. The summed E-state index contributed by atoms with van der Waals surface area (Å²) in [4.78, 5) is 2.44. The van der Waals surface area contributed by atoms with Crippen molar-refractivity contribution in [2.24, 2.45) is 11.7 Å². The van der Waals surface area contributed by atoms with Crippen LogP contribution in [0.25, 0.3) is 0 Å². The molecule has 0 radical (unpaired) electrons. The first kappa shape index (κ1) is 13.3. The lowest BCUT2D eigenvalue weighted by Gasteiger charge is -2.29. The summed E-state index contributed by atoms with van der Waals surface area (Å²) in [5.41, 5.74) is 7.86. The molecule has 1 aliphatic carbocycles. The molecule has 2 rings (SSSR count). The van der Waals surface area contributed by atoms with Gasteiger partial charge in [0.15, 0.2) is 0 Å². The minimum absolute atomic E-state index is 0.164. The second-order valence-electron chi connectivity index (χ2n) is 5.59. The van der Waals surface area contributed by atoms with Crippen LogP contribution in [-0.4, -0.2) is 19.1 Å². The van der Waals surface area contributed by atoms with E-state index < -0.39 is 0 Å². The van der Waals surface area contributed by atoms with E-state index in [0.29, 0.717) is 18.5 Å². The summed E-state index contributed by atoms with van der Waals surface area (Å²) < 4.78 is 13.4. The van der Waals surface area contributed by atoms with Crippen molar-refractivity contribution in [3.8, 4) is 0 Å². The summed E-state index contributed by atoms with van der Waals surface area (Å²) >= 11 is 0. The summed E-state index contributed by atoms with van der Waals surface area (Å²) in [7, 11) is 0. The van der Waals surface area contributed by atoms with Gasteiger partial charge in [-0.2, -0.15) is 0 Å². The highest BCUT2D eigenvalue weighted by atomic mass is 19.1. The Morgan fingerprint density at radius 3 is 2.67 bits per heavy atom. The molecule has 0 spiro atoms. The maximum absolute atomic E-state index is 13.4. The SMILES string of the molecule is CC(C)CN(c1ccc(F)cc1CCN)C1CC1. The van der Waals surface area contributed by atoms with Gasteiger partial charge in [0.05, 0.1) is 0 Å². The first-order valence-corrected chi connectivity index (χ1v) is 6.87. The zero-order valence-electron chi connectivity index (χ0n) is 11.3. The lowest BCUT2D eigenvalue weighted by molar-refractivity contribution is 0.601. The number of halogens is 1. The molecule has 0 aliphatic heterocycles. The number of rotatable bonds is 6. The average Bonchev–Trinajstić information content (AvgIpc) is 3.11. The third-order valence-corrected chi connectivity index (χ3v) is 3.31. The summed E-state index contributed by atoms with van der Waals surface area (Å²) in [6, 6.07) is 5.76. The third-order valence-electron chi connectivity index (χ3n) is 3.31. The molecule has 3 heteroatoms. The lowest BCUT2D eigenvalue weighted by atomic mass is 10.1. The van der Waals surface area contributed by atoms with Gasteiger partial charge in [0.2, 0.25) is 0 Å². The third kappa shape index (κ3) is 3.22. The minimum Gasteiger partial charge on any atom is -0.368 e. The van der Waals surface area contributed by atoms with Gasteiger partial charge in [-0.05, 0) is 55.5 Å². The van der Waals surface area contributed by atoms with Crippen molar-refractivity contribution in [2.45, 2.75) is 39.2 Å². The molecule has 2 N–H and O–H groups in total. The fourth-order valence-electron chi connectivity index (χ4n) is 2.41. The van der Waals surface area contributed by atoms with E-state index in [-0.39, 0.29) is 5.82 Å². The van der Waals surface area contributed by atoms with Crippen molar-refractivity contribution < 1.29 is 4.39 Å². The Kier molecular flexibility index (Phi) is 4.23. The minimum atomic E-state index is -0.164. The molecule has 0 atom stereocenters. The van der Waals surface area contributed by atoms with Gasteiger partial charge in [-0.1, -0.05) is 13.8 Å². The summed E-state index contributed by atoms with van der Waals surface area (Å²) in [6.07, 6.45) is 3.26. The first-order valence-electron chi connectivity index (χ1n) is 6.87. The van der Waals surface area contributed by atoms with Gasteiger partial charge < -0.3 is 10.6 Å². The molecule has 1 aromatic carbocycles. The molecular weight excluding hydrogens is 227 g/mol. The van der Waals surface area contributed by atoms with Crippen LogP contribution >= 0.6 is 0 Å². The maximum atomic E-state index is 13.4. The second-order valence-corrected chi connectivity index (χ2v) is 5.59. The Morgan fingerprint density at radius 1 is 1.39 bits per heavy atom. The zero-order valence-corrected chi connectivity index (χ0v) is 11.3. The van der Waals surface area contributed by atoms with Crippen LogP contribution in [0.3, 0.4) is 0 Å². The number of hydrogen-bond acceptors (Lipinski definition) is 2. The number of anilines is 1. The van der Waals surface area contributed by atoms with Crippen molar-refractivity contribution in [1.29, 1.82) is 0 Å². The largest absolute Gasteiger partial charge is 0.368 e. The number of benzene rings is 1. The van der Waals surface area contributed by atoms with E-state index in [2.05, 4.69) is 18.7 Å². The molecule has 1 fully saturated rings. The van der Waals surface area contributed by atoms with Crippen LogP contribution < -0.4 is 10.6 Å². The second kappa shape index (κ2) is 5.70. The molecule has 100 valence electrons. The van der Waals surface area contributed by atoms with E-state index in [4.69, 9.17) is 5.73 Å². The molecular formula is C15H23FN2. The van der Waals surface area contributed by atoms with Crippen LogP contribution in [-0.2, 0) is 6.42 Å². The molecule has 2 nitrogen and oxygen atoms in total. The molecule has 1 aliphatic rings. The molecule has 0 bridgehead atoms. The molecule has 0 amide bonds. The Balaban J connectivity index is 2.27. The summed E-state index contributed by atoms with van der Waals surface area (Å²) in [5, 5.41) is 0. The summed E-state index contributed by atoms with van der Waals surface area (Å²) in [6.45, 7) is 6.05. The molecule has 1 aromatic rings. The summed E-state index contributed by atoms with van der Waals surface area (Å²) in [5.74, 6) is 0.448. The van der Waals surface area contributed by atoms with E-state index >= 15 is 0 Å². The topological polar surface area (TPSA) is 29.3 Å². The molecule has 0 heterocycles. The highest BCUT2D eigenvalue weighted by Gasteiger charge is 2.30. The van der Waals surface area contributed by atoms with Crippen LogP contribution in [0.5, 0.6) is 0 Å². The Hall–Kier alpha value is -1.09. The van der Waals surface area contributed by atoms with Gasteiger partial charge in [0, 0.05) is 18.3 Å². The normalized spacial score (nSPS) is 15.2. The van der Waals surface area contributed by atoms with Gasteiger partial charge in [-0.15, -0.1) is 0 Å². The molecule has 1 saturated carbocycles. The maximum Gasteiger partial charge on any atom is 0.123 e. The molecule has 0 aromatic heterocycles. The van der Waals surface area contributed by atoms with Crippen LogP contribution in [0.15, 0.2) is 18.2 Å². The fourth-order valence-corrected chi connectivity index (χ4v) is 2.41. The van der Waals surface area contributed by atoms with E-state index in [9.17, 15) is 4.39 Å². The molecule has 0 saturated heterocycles. The monoisotopic (exact) mass is 250 g/mol. The number of hydrogen-bond donors (Lipinski definition) is 1. The quantitative estimate of drug-likeness (QED) is 0.841. The molecule has 0 unspecified atom stereocenters. The Bertz CT molecular complexity index is 399. The Morgan fingerprint density at radius 2 is 2.11 bits per heavy atom. The van der Waals surface area contributed by atoms with Gasteiger partial charge >= 0.3 is 0 Å². The fraction of sp³-hybridized carbons (Fsp3) is 0.600. The standard InChI is InChI=1S/C15H23FN2/c1-11(2)10-18(14-4-5-14)15-6-3-13(16)9-12(15)7-8-17/h3,6,9,11,14H,4-5,7-8,10,17H2,1-2H3. The van der Waals surface area contributed by atoms with Gasteiger partial charge in [0.1, 0.15) is 5.82 Å². The van der Waals surface area contributed by atoms with Crippen molar-refractivity contribution in [2.75, 3.05) is 18.0 Å². The van der Waals surface area contributed by atoms with Crippen LogP contribution in [0.1, 0.15) is 32.3 Å². The highest BCUT2D eigenvalue weighted by Crippen LogP contribution is 2.34. The van der Waals surface area contributed by atoms with E-state index in [1.807, 2.05) is 6.07 Å². The van der Waals surface area contributed by atoms with Crippen molar-refractivity contribution in [1.82, 2.24) is 0 Å². The smallest absolute Gasteiger partial charge is 0.123 e. The van der Waals surface area contributed by atoms with Gasteiger partial charge in [-0.25, -0.2) is 4.39 Å². The lowest BCUT2D eigenvalue weighted by Crippen LogP contribution is -2.31. The van der Waals surface area contributed by atoms with E-state index in [0.717, 1.165) is 18.5 Å². The number of nitrogens with zero attached hydrogens (tertiary/aromatic N) is 1. The van der Waals surface area contributed by atoms with Crippen molar-refractivity contribution in [3.63, 3.8) is 0 Å². The Labute approximate surface area is 109 Å². The van der Waals surface area contributed by atoms with Crippen molar-refractivity contribution in [3.05, 3.63) is 29.6 Å². The zero-order chi connectivity index (χ0) is 13.1. The highest BCUT2D eigenvalue weighted by molar-refractivity contribution is 5.55. The molecule has 18 heavy (non-hydrogen) atoms. The van der Waals surface area contributed by atoms with E-state index in [1.54, 1.807) is 12.1 Å². The first-order chi connectivity index (χ1) is 8.61. The number of nitrogens with two attached hydrogens (primary N) is 1. The van der Waals surface area contributed by atoms with Crippen LogP contribution in [0.2, 0.25) is 0 Å². The van der Waals surface area contributed by atoms with Crippen LogP contribution in [0, 0.1) is 11.7 Å². The van der Waals surface area contributed by atoms with E-state index in [1.165, 1.54) is 18.5 Å². The van der Waals surface area contributed by atoms with Gasteiger partial charge in [-0.3, -0.25) is 0 Å². The van der Waals surface area contributed by atoms with Crippen molar-refractivity contribution >= 4 is 5.69 Å². The average molecular weight is 250 g/mol. The van der Waals surface area contributed by atoms with Gasteiger partial charge in [0.25, 0.3) is 0 Å². The van der Waals surface area contributed by atoms with Crippen LogP contribution in [0.4, 0.5) is 10.1 Å². The predicted molar refractivity (Wildman–Crippen MR) is 74.4 cm³/mol.